The van der Waals surface area contributed by atoms with Crippen LogP contribution in [-0.2, 0) is 35.2 Å². The molecule has 2 aromatic rings. The van der Waals surface area contributed by atoms with Crippen LogP contribution in [0.2, 0.25) is 0 Å². The number of rotatable bonds is 19. The second kappa shape index (κ2) is 20.1. The fourth-order valence-electron chi connectivity index (χ4n) is 6.41. The van der Waals surface area contributed by atoms with E-state index in [2.05, 4.69) is 31.2 Å². The van der Waals surface area contributed by atoms with E-state index in [9.17, 15) is 38.7 Å². The van der Waals surface area contributed by atoms with Gasteiger partial charge in [-0.2, -0.15) is 0 Å². The summed E-state index contributed by atoms with van der Waals surface area (Å²) in [7, 11) is 0. The van der Waals surface area contributed by atoms with Crippen LogP contribution in [0.3, 0.4) is 0 Å². The highest BCUT2D eigenvalue weighted by Gasteiger charge is 2.45. The number of hydrogen-bond acceptors (Lipinski definition) is 9. The lowest BCUT2D eigenvalue weighted by molar-refractivity contribution is -0.146. The number of hydrogen-bond donors (Lipinski definition) is 5. The molecule has 1 saturated heterocycles. The predicted octanol–water partition coefficient (Wildman–Crippen LogP) is 2.06. The minimum absolute atomic E-state index is 0.0308. The summed E-state index contributed by atoms with van der Waals surface area (Å²) >= 11 is 0. The zero-order valence-electron chi connectivity index (χ0n) is 31.3. The number of ketones is 1. The Hall–Kier alpha value is -5.21. The summed E-state index contributed by atoms with van der Waals surface area (Å²) in [5.41, 5.74) is 0.685. The first-order valence-electron chi connectivity index (χ1n) is 18.3. The molecule has 2 unspecified atom stereocenters. The molecule has 7 atom stereocenters. The number of Topliss-reactive ketones (excluding diaryl/α,β-unsaturated/α-hetero) is 1. The number of nitrogens with one attached hydrogen (secondary N) is 4. The molecule has 15 nitrogen and oxygen atoms in total. The van der Waals surface area contributed by atoms with Gasteiger partial charge in [-0.15, -0.1) is 0 Å². The van der Waals surface area contributed by atoms with Crippen molar-refractivity contribution in [2.75, 3.05) is 6.54 Å². The van der Waals surface area contributed by atoms with Gasteiger partial charge < -0.3 is 31.3 Å². The quantitative estimate of drug-likeness (QED) is 0.132. The zero-order chi connectivity index (χ0) is 39.2. The van der Waals surface area contributed by atoms with Crippen molar-refractivity contribution >= 4 is 41.3 Å². The van der Waals surface area contributed by atoms with Crippen LogP contribution in [0, 0.1) is 17.8 Å². The molecular weight excluding hydrogens is 682 g/mol. The Labute approximate surface area is 310 Å². The van der Waals surface area contributed by atoms with Gasteiger partial charge in [-0.1, -0.05) is 91.1 Å². The largest absolute Gasteiger partial charge is 0.480 e. The van der Waals surface area contributed by atoms with Gasteiger partial charge in [-0.25, -0.2) is 9.78 Å². The third kappa shape index (κ3) is 11.4. The van der Waals surface area contributed by atoms with Gasteiger partial charge >= 0.3 is 5.97 Å². The van der Waals surface area contributed by atoms with Gasteiger partial charge in [0.15, 0.2) is 0 Å². The molecule has 0 radical (unpaired) electrons. The lowest BCUT2D eigenvalue weighted by atomic mass is 9.93. The Bertz CT molecular complexity index is 1590. The number of likely N-dealkylation sites (tertiary alicyclic amines) is 1. The molecule has 1 fully saturated rings. The van der Waals surface area contributed by atoms with Crippen molar-refractivity contribution in [3.05, 3.63) is 60.2 Å². The Morgan fingerprint density at radius 2 is 1.58 bits per heavy atom. The first-order chi connectivity index (χ1) is 25.2. The third-order valence-electron chi connectivity index (χ3n) is 9.73. The SMILES string of the molecule is CCCC(NC(=O)[C@@H]1[C@@H](CC)CCN1C(=O)[C@@H](NC(=O)[C@@H](NC(=O)c1cnccn1)C(C)C)C(C)CC)C(=O)C(=O)N[C@@H](Cc1ccccc1)C(=O)O. The van der Waals surface area contributed by atoms with Gasteiger partial charge in [0.2, 0.25) is 23.5 Å². The molecular formula is C38H53N7O8. The van der Waals surface area contributed by atoms with Crippen molar-refractivity contribution < 1.29 is 38.7 Å². The average molecular weight is 736 g/mol. The molecule has 1 aliphatic heterocycles. The fraction of sp³-hybridized carbons (Fsp3) is 0.553. The number of carboxylic acid groups (broad SMARTS) is 1. The van der Waals surface area contributed by atoms with Crippen LogP contribution < -0.4 is 21.3 Å². The number of benzene rings is 1. The predicted molar refractivity (Wildman–Crippen MR) is 195 cm³/mol. The lowest BCUT2D eigenvalue weighted by Crippen LogP contribution is -2.60. The van der Waals surface area contributed by atoms with Crippen molar-refractivity contribution in [3.63, 3.8) is 0 Å². The molecule has 0 aliphatic carbocycles. The highest BCUT2D eigenvalue weighted by atomic mass is 16.4. The lowest BCUT2D eigenvalue weighted by Gasteiger charge is -2.34. The summed E-state index contributed by atoms with van der Waals surface area (Å²) in [6.45, 7) is 11.1. The molecule has 288 valence electrons. The number of nitrogens with zero attached hydrogens (tertiary/aromatic N) is 3. The van der Waals surface area contributed by atoms with Crippen LogP contribution in [0.25, 0.3) is 0 Å². The molecule has 0 spiro atoms. The molecule has 3 rings (SSSR count). The highest BCUT2D eigenvalue weighted by Crippen LogP contribution is 2.29. The van der Waals surface area contributed by atoms with E-state index in [0.29, 0.717) is 31.2 Å². The van der Waals surface area contributed by atoms with Crippen LogP contribution in [0.1, 0.15) is 89.7 Å². The van der Waals surface area contributed by atoms with Crippen LogP contribution in [0.5, 0.6) is 0 Å². The van der Waals surface area contributed by atoms with Gasteiger partial charge in [-0.3, -0.25) is 33.8 Å². The summed E-state index contributed by atoms with van der Waals surface area (Å²) in [6.07, 6.45) is 6.10. The van der Waals surface area contributed by atoms with E-state index in [-0.39, 0.29) is 42.8 Å². The molecule has 0 saturated carbocycles. The molecule has 1 aromatic heterocycles. The second-order valence-corrected chi connectivity index (χ2v) is 13.9. The van der Waals surface area contributed by atoms with Gasteiger partial charge in [0, 0.05) is 25.4 Å². The minimum atomic E-state index is -1.37. The number of aromatic nitrogens is 2. The number of carboxylic acids is 1. The Morgan fingerprint density at radius 1 is 0.887 bits per heavy atom. The van der Waals surface area contributed by atoms with Gasteiger partial charge in [-0.05, 0) is 36.2 Å². The van der Waals surface area contributed by atoms with Crippen LogP contribution in [-0.4, -0.2) is 98.0 Å². The number of amides is 5. The van der Waals surface area contributed by atoms with Crippen LogP contribution >= 0.6 is 0 Å². The van der Waals surface area contributed by atoms with Crippen LogP contribution in [0.15, 0.2) is 48.9 Å². The second-order valence-electron chi connectivity index (χ2n) is 13.9. The summed E-state index contributed by atoms with van der Waals surface area (Å²) in [4.78, 5) is 103. The summed E-state index contributed by atoms with van der Waals surface area (Å²) in [6, 6.07) is 2.99. The average Bonchev–Trinajstić information content (AvgIpc) is 3.59. The molecule has 53 heavy (non-hydrogen) atoms. The summed E-state index contributed by atoms with van der Waals surface area (Å²) in [5.74, 6) is -6.68. The number of carbonyl (C=O) groups excluding carboxylic acids is 6. The van der Waals surface area contributed by atoms with E-state index in [0.717, 1.165) is 0 Å². The van der Waals surface area contributed by atoms with Crippen molar-refractivity contribution in [2.24, 2.45) is 17.8 Å². The molecule has 5 N–H and O–H groups in total. The van der Waals surface area contributed by atoms with Crippen molar-refractivity contribution in [2.45, 2.75) is 110 Å². The Morgan fingerprint density at radius 3 is 2.15 bits per heavy atom. The van der Waals surface area contributed by atoms with E-state index < -0.39 is 71.5 Å². The van der Waals surface area contributed by atoms with E-state index in [1.807, 2.05) is 20.8 Å². The monoisotopic (exact) mass is 735 g/mol. The van der Waals surface area contributed by atoms with E-state index in [1.165, 1.54) is 23.5 Å². The van der Waals surface area contributed by atoms with Gasteiger partial charge in [0.1, 0.15) is 29.9 Å². The number of aliphatic carboxylic acids is 1. The smallest absolute Gasteiger partial charge is 0.326 e. The molecule has 5 amide bonds. The fourth-order valence-corrected chi connectivity index (χ4v) is 6.41. The van der Waals surface area contributed by atoms with Gasteiger partial charge in [0.25, 0.3) is 11.8 Å². The highest BCUT2D eigenvalue weighted by molar-refractivity contribution is 6.38. The van der Waals surface area contributed by atoms with Gasteiger partial charge in [0.05, 0.1) is 12.2 Å². The summed E-state index contributed by atoms with van der Waals surface area (Å²) < 4.78 is 0. The van der Waals surface area contributed by atoms with Crippen molar-refractivity contribution in [3.8, 4) is 0 Å². The molecule has 2 heterocycles. The van der Waals surface area contributed by atoms with E-state index in [4.69, 9.17) is 0 Å². The molecule has 0 bridgehead atoms. The first kappa shape index (κ1) is 42.2. The number of carbonyl (C=O) groups is 7. The normalized spacial score (nSPS) is 18.2. The maximum absolute atomic E-state index is 14.3. The third-order valence-corrected chi connectivity index (χ3v) is 9.73. The maximum atomic E-state index is 14.3. The Balaban J connectivity index is 1.79. The Kier molecular flexibility index (Phi) is 16.0. The van der Waals surface area contributed by atoms with Crippen molar-refractivity contribution in [1.82, 2.24) is 36.1 Å². The minimum Gasteiger partial charge on any atom is -0.480 e. The standard InChI is InChI=1S/C38H53N7O8/c1-7-13-26(32(46)36(50)42-27(38(52)53)20-24-14-11-10-12-15-24)41-35(49)31-25(9-3)16-19-45(31)37(51)30(23(6)8-2)44-34(48)29(22(4)5)43-33(47)28-21-39-17-18-40-28/h10-12,14-15,17-18,21-23,25-27,29-31H,7-9,13,16,19-20H2,1-6H3,(H,41,49)(H,42,50)(H,43,47)(H,44,48)(H,52,53)/t23?,25-,26?,27-,29-,30-,31-/m0/s1. The summed E-state index contributed by atoms with van der Waals surface area (Å²) in [5, 5.41) is 20.3. The van der Waals surface area contributed by atoms with Crippen LogP contribution in [0.4, 0.5) is 0 Å². The molecule has 1 aliphatic rings. The first-order valence-corrected chi connectivity index (χ1v) is 18.3. The molecule has 15 heteroatoms. The van der Waals surface area contributed by atoms with E-state index >= 15 is 0 Å². The zero-order valence-corrected chi connectivity index (χ0v) is 31.3. The molecule has 1 aromatic carbocycles. The van der Waals surface area contributed by atoms with Crippen molar-refractivity contribution in [1.29, 1.82) is 0 Å². The maximum Gasteiger partial charge on any atom is 0.326 e. The van der Waals surface area contributed by atoms with E-state index in [1.54, 1.807) is 51.1 Å². The topological polar surface area (TPSA) is 217 Å².